The van der Waals surface area contributed by atoms with Crippen molar-refractivity contribution >= 4 is 29.6 Å². The first-order valence-corrected chi connectivity index (χ1v) is 5.11. The highest BCUT2D eigenvalue weighted by molar-refractivity contribution is 6.31. The quantitative estimate of drug-likeness (QED) is 0.344. The van der Waals surface area contributed by atoms with Crippen LogP contribution in [0.15, 0.2) is 29.8 Å². The van der Waals surface area contributed by atoms with E-state index in [1.807, 2.05) is 10.6 Å². The predicted octanol–water partition coefficient (Wildman–Crippen LogP) is 0.344. The number of nitrogens with one attached hydrogen (secondary N) is 2. The minimum atomic E-state index is -0.922. The Labute approximate surface area is 106 Å². The van der Waals surface area contributed by atoms with Gasteiger partial charge in [-0.2, -0.15) is 0 Å². The van der Waals surface area contributed by atoms with Crippen LogP contribution in [0.5, 0.6) is 0 Å². The fourth-order valence-electron chi connectivity index (χ4n) is 1.54. The van der Waals surface area contributed by atoms with E-state index in [-0.39, 0.29) is 16.8 Å². The van der Waals surface area contributed by atoms with Crippen LogP contribution < -0.4 is 10.6 Å². The van der Waals surface area contributed by atoms with Crippen molar-refractivity contribution in [3.63, 3.8) is 0 Å². The number of rotatable bonds is 2. The zero-order chi connectivity index (χ0) is 14.0. The second-order valence-corrected chi connectivity index (χ2v) is 3.61. The van der Waals surface area contributed by atoms with Crippen LogP contribution in [-0.2, 0) is 9.59 Å². The van der Waals surface area contributed by atoms with E-state index < -0.39 is 22.8 Å². The van der Waals surface area contributed by atoms with Crippen LogP contribution in [0.2, 0.25) is 0 Å². The van der Waals surface area contributed by atoms with E-state index >= 15 is 0 Å². The Hall–Kier alpha value is -3.03. The Bertz CT molecular complexity index is 613. The van der Waals surface area contributed by atoms with Crippen LogP contribution >= 0.6 is 0 Å². The number of carbonyl (C=O) groups is 3. The molecule has 1 aliphatic heterocycles. The van der Waals surface area contributed by atoms with Gasteiger partial charge in [-0.3, -0.25) is 30.3 Å². The van der Waals surface area contributed by atoms with Crippen LogP contribution in [0, 0.1) is 10.1 Å². The number of hydrogen-bond donors (Lipinski definition) is 2. The molecular formula is C11H7N3O5. The highest BCUT2D eigenvalue weighted by atomic mass is 16.6. The minimum absolute atomic E-state index is 0.0992. The Balaban J connectivity index is 2.46. The van der Waals surface area contributed by atoms with Gasteiger partial charge >= 0.3 is 6.03 Å². The molecule has 0 atom stereocenters. The van der Waals surface area contributed by atoms with Crippen LogP contribution in [0.1, 0.15) is 5.56 Å². The first-order valence-electron chi connectivity index (χ1n) is 5.11. The molecule has 0 spiro atoms. The lowest BCUT2D eigenvalue weighted by Crippen LogP contribution is -2.51. The predicted molar refractivity (Wildman–Crippen MR) is 62.8 cm³/mol. The van der Waals surface area contributed by atoms with Crippen molar-refractivity contribution in [1.29, 1.82) is 0 Å². The van der Waals surface area contributed by atoms with Gasteiger partial charge in [0.05, 0.1) is 10.5 Å². The lowest BCUT2D eigenvalue weighted by Gasteiger charge is -2.13. The summed E-state index contributed by atoms with van der Waals surface area (Å²) in [4.78, 5) is 44.0. The van der Waals surface area contributed by atoms with Crippen molar-refractivity contribution in [2.24, 2.45) is 0 Å². The number of amides is 4. The summed E-state index contributed by atoms with van der Waals surface area (Å²) in [5, 5.41) is 14.6. The van der Waals surface area contributed by atoms with Gasteiger partial charge in [0.1, 0.15) is 5.57 Å². The summed E-state index contributed by atoms with van der Waals surface area (Å²) in [6.45, 7) is 0. The number of nitro benzene ring substituents is 1. The number of nitro groups is 1. The summed E-state index contributed by atoms with van der Waals surface area (Å²) >= 11 is 0. The molecule has 96 valence electrons. The van der Waals surface area contributed by atoms with E-state index in [2.05, 4.69) is 0 Å². The minimum Gasteiger partial charge on any atom is -0.273 e. The molecule has 0 radical (unpaired) electrons. The zero-order valence-electron chi connectivity index (χ0n) is 9.38. The maximum Gasteiger partial charge on any atom is 0.328 e. The third kappa shape index (κ3) is 2.46. The van der Waals surface area contributed by atoms with Crippen LogP contribution in [0.4, 0.5) is 10.5 Å². The van der Waals surface area contributed by atoms with Gasteiger partial charge in [-0.25, -0.2) is 4.79 Å². The topological polar surface area (TPSA) is 118 Å². The number of hydrogen-bond acceptors (Lipinski definition) is 5. The molecule has 8 nitrogen and oxygen atoms in total. The average Bonchev–Trinajstić information content (AvgIpc) is 2.34. The lowest BCUT2D eigenvalue weighted by molar-refractivity contribution is -0.385. The van der Waals surface area contributed by atoms with Crippen molar-refractivity contribution in [3.8, 4) is 0 Å². The molecule has 1 heterocycles. The van der Waals surface area contributed by atoms with Gasteiger partial charge < -0.3 is 0 Å². The fourth-order valence-corrected chi connectivity index (χ4v) is 1.54. The Kier molecular flexibility index (Phi) is 3.06. The maximum atomic E-state index is 11.5. The van der Waals surface area contributed by atoms with E-state index in [0.717, 1.165) is 6.08 Å². The molecule has 0 aliphatic carbocycles. The third-order valence-electron chi connectivity index (χ3n) is 2.38. The van der Waals surface area contributed by atoms with E-state index in [1.54, 1.807) is 0 Å². The molecule has 4 amide bonds. The van der Waals surface area contributed by atoms with Gasteiger partial charge in [0.25, 0.3) is 17.5 Å². The first-order chi connectivity index (χ1) is 8.99. The Morgan fingerprint density at radius 1 is 1.05 bits per heavy atom. The first kappa shape index (κ1) is 12.4. The molecule has 19 heavy (non-hydrogen) atoms. The number of nitrogens with zero attached hydrogens (tertiary/aromatic N) is 1. The van der Waals surface area contributed by atoms with Gasteiger partial charge in [-0.1, -0.05) is 12.1 Å². The number of para-hydroxylation sites is 1. The second kappa shape index (κ2) is 4.69. The standard InChI is InChI=1S/C11H7N3O5/c15-9-7(10(16)13-11(17)12-9)5-6-3-1-2-4-8(6)14(18)19/h1-5H,(H2,12,13,15,16,17). The Morgan fingerprint density at radius 3 is 2.21 bits per heavy atom. The number of urea groups is 1. The van der Waals surface area contributed by atoms with Crippen molar-refractivity contribution in [2.45, 2.75) is 0 Å². The zero-order valence-corrected chi connectivity index (χ0v) is 9.38. The second-order valence-electron chi connectivity index (χ2n) is 3.61. The summed E-state index contributed by atoms with van der Waals surface area (Å²) in [7, 11) is 0. The van der Waals surface area contributed by atoms with Crippen molar-refractivity contribution in [3.05, 3.63) is 45.5 Å². The number of carbonyl (C=O) groups excluding carboxylic acids is 3. The third-order valence-corrected chi connectivity index (χ3v) is 2.38. The van der Waals surface area contributed by atoms with Crippen LogP contribution in [0.3, 0.4) is 0 Å². The summed E-state index contributed by atoms with van der Waals surface area (Å²) in [5.41, 5.74) is -0.511. The molecule has 1 aliphatic rings. The number of barbiturate groups is 1. The molecule has 0 aromatic heterocycles. The summed E-state index contributed by atoms with van der Waals surface area (Å²) in [5.74, 6) is -1.79. The summed E-state index contributed by atoms with van der Waals surface area (Å²) in [6, 6.07) is 4.71. The van der Waals surface area contributed by atoms with Gasteiger partial charge in [0.2, 0.25) is 0 Å². The molecule has 2 rings (SSSR count). The molecular weight excluding hydrogens is 254 g/mol. The molecule has 1 aromatic rings. The van der Waals surface area contributed by atoms with E-state index in [1.165, 1.54) is 24.3 Å². The van der Waals surface area contributed by atoms with Crippen molar-refractivity contribution in [2.75, 3.05) is 0 Å². The monoisotopic (exact) mass is 261 g/mol. The fraction of sp³-hybridized carbons (Fsp3) is 0. The SMILES string of the molecule is O=C1NC(=O)C(=Cc2ccccc2[N+](=O)[O-])C(=O)N1. The normalized spacial score (nSPS) is 14.7. The molecule has 0 bridgehead atoms. The number of imide groups is 2. The molecule has 1 saturated heterocycles. The molecule has 1 aromatic carbocycles. The van der Waals surface area contributed by atoms with Crippen molar-refractivity contribution < 1.29 is 19.3 Å². The highest BCUT2D eigenvalue weighted by Crippen LogP contribution is 2.21. The lowest BCUT2D eigenvalue weighted by atomic mass is 10.1. The van der Waals surface area contributed by atoms with E-state index in [4.69, 9.17) is 0 Å². The van der Waals surface area contributed by atoms with Gasteiger partial charge in [0.15, 0.2) is 0 Å². The van der Waals surface area contributed by atoms with Gasteiger partial charge in [-0.15, -0.1) is 0 Å². The van der Waals surface area contributed by atoms with E-state index in [9.17, 15) is 24.5 Å². The smallest absolute Gasteiger partial charge is 0.273 e. The van der Waals surface area contributed by atoms with Crippen LogP contribution in [0.25, 0.3) is 6.08 Å². The van der Waals surface area contributed by atoms with Crippen LogP contribution in [-0.4, -0.2) is 22.8 Å². The number of benzene rings is 1. The largest absolute Gasteiger partial charge is 0.328 e. The molecule has 2 N–H and O–H groups in total. The molecule has 0 unspecified atom stereocenters. The molecule has 1 fully saturated rings. The Morgan fingerprint density at radius 2 is 1.63 bits per heavy atom. The van der Waals surface area contributed by atoms with Gasteiger partial charge in [-0.05, 0) is 12.1 Å². The highest BCUT2D eigenvalue weighted by Gasteiger charge is 2.28. The maximum absolute atomic E-state index is 11.5. The van der Waals surface area contributed by atoms with E-state index in [0.29, 0.717) is 0 Å². The summed E-state index contributed by atoms with van der Waals surface area (Å²) < 4.78 is 0. The van der Waals surface area contributed by atoms with Crippen molar-refractivity contribution in [1.82, 2.24) is 10.6 Å². The molecule has 0 saturated carbocycles. The molecule has 8 heteroatoms. The summed E-state index contributed by atoms with van der Waals surface area (Å²) in [6.07, 6.45) is 1.06. The average molecular weight is 261 g/mol. The van der Waals surface area contributed by atoms with Gasteiger partial charge in [0, 0.05) is 6.07 Å².